The number of H-pyrrole nitrogens is 1. The quantitative estimate of drug-likeness (QED) is 0.428. The lowest BCUT2D eigenvalue weighted by Gasteiger charge is -2.35. The molecule has 2 aromatic carbocycles. The Morgan fingerprint density at radius 3 is 2.70 bits per heavy atom. The molecule has 0 aliphatic carbocycles. The van der Waals surface area contributed by atoms with Crippen molar-refractivity contribution >= 4 is 45.3 Å². The minimum absolute atomic E-state index is 0.00587. The van der Waals surface area contributed by atoms with Gasteiger partial charge in [-0.2, -0.15) is 0 Å². The summed E-state index contributed by atoms with van der Waals surface area (Å²) < 4.78 is 5.75. The van der Waals surface area contributed by atoms with Gasteiger partial charge in [-0.05, 0) is 45.4 Å². The number of ether oxygens (including phenoxy) is 1. The van der Waals surface area contributed by atoms with Gasteiger partial charge in [0.1, 0.15) is 11.3 Å². The average Bonchev–Trinajstić information content (AvgIpc) is 3.14. The first-order chi connectivity index (χ1) is 15.9. The first-order valence-corrected chi connectivity index (χ1v) is 11.1. The fourth-order valence-corrected chi connectivity index (χ4v) is 4.34. The van der Waals surface area contributed by atoms with Crippen LogP contribution in [0.4, 0.5) is 22.1 Å². The van der Waals surface area contributed by atoms with E-state index in [0.29, 0.717) is 30.2 Å². The van der Waals surface area contributed by atoms with Crippen molar-refractivity contribution < 1.29 is 9.53 Å². The summed E-state index contributed by atoms with van der Waals surface area (Å²) in [5.74, 6) is 1.25. The van der Waals surface area contributed by atoms with Gasteiger partial charge in [0.2, 0.25) is 5.95 Å². The number of hydrogen-bond donors (Lipinski definition) is 3. The molecule has 0 radical (unpaired) electrons. The SMILES string of the molecule is Cc1nc2c(NC(=O)N3CC(C)OC(C)C3)cc(Nc3ncc4cccc(C)c4n3)cc2[nH]1. The third-order valence-corrected chi connectivity index (χ3v) is 5.72. The number of imidazole rings is 1. The topological polar surface area (TPSA) is 108 Å². The lowest BCUT2D eigenvalue weighted by molar-refractivity contribution is -0.0530. The lowest BCUT2D eigenvalue weighted by atomic mass is 10.1. The molecular formula is C24H27N7O2. The van der Waals surface area contributed by atoms with E-state index in [2.05, 4.69) is 30.6 Å². The molecule has 0 saturated carbocycles. The highest BCUT2D eigenvalue weighted by atomic mass is 16.5. The average molecular weight is 446 g/mol. The number of fused-ring (bicyclic) bond motifs is 2. The maximum atomic E-state index is 13.0. The van der Waals surface area contributed by atoms with E-state index in [-0.39, 0.29) is 18.2 Å². The van der Waals surface area contributed by atoms with Gasteiger partial charge in [0.05, 0.1) is 28.9 Å². The fourth-order valence-electron chi connectivity index (χ4n) is 4.34. The zero-order valence-electron chi connectivity index (χ0n) is 19.1. The first-order valence-electron chi connectivity index (χ1n) is 11.1. The van der Waals surface area contributed by atoms with Crippen LogP contribution >= 0.6 is 0 Å². The van der Waals surface area contributed by atoms with Crippen LogP contribution in [0.5, 0.6) is 0 Å². The van der Waals surface area contributed by atoms with E-state index >= 15 is 0 Å². The molecule has 1 aliphatic rings. The molecule has 4 aromatic rings. The summed E-state index contributed by atoms with van der Waals surface area (Å²) in [6.45, 7) is 8.95. The van der Waals surface area contributed by atoms with Crippen molar-refractivity contribution in [2.45, 2.75) is 39.9 Å². The van der Waals surface area contributed by atoms with E-state index < -0.39 is 0 Å². The summed E-state index contributed by atoms with van der Waals surface area (Å²) in [5, 5.41) is 7.31. The number of morpholine rings is 1. The minimum Gasteiger partial charge on any atom is -0.372 e. The van der Waals surface area contributed by atoms with Crippen LogP contribution in [0, 0.1) is 13.8 Å². The van der Waals surface area contributed by atoms with Crippen molar-refractivity contribution in [3.63, 3.8) is 0 Å². The van der Waals surface area contributed by atoms with Crippen molar-refractivity contribution in [2.24, 2.45) is 0 Å². The summed E-state index contributed by atoms with van der Waals surface area (Å²) in [6.07, 6.45) is 1.79. The zero-order chi connectivity index (χ0) is 23.1. The number of carbonyl (C=O) groups excluding carboxylic acids is 1. The number of hydrogen-bond acceptors (Lipinski definition) is 6. The molecule has 0 bridgehead atoms. The summed E-state index contributed by atoms with van der Waals surface area (Å²) in [4.78, 5) is 31.8. The van der Waals surface area contributed by atoms with Crippen LogP contribution in [-0.2, 0) is 4.74 Å². The predicted octanol–water partition coefficient (Wildman–Crippen LogP) is 4.51. The van der Waals surface area contributed by atoms with Gasteiger partial charge < -0.3 is 25.3 Å². The van der Waals surface area contributed by atoms with E-state index in [9.17, 15) is 4.79 Å². The Kier molecular flexibility index (Phi) is 5.33. The van der Waals surface area contributed by atoms with Gasteiger partial charge in [0.15, 0.2) is 0 Å². The maximum absolute atomic E-state index is 13.0. The number of nitrogens with zero attached hydrogens (tertiary/aromatic N) is 4. The predicted molar refractivity (Wildman–Crippen MR) is 129 cm³/mol. The molecule has 33 heavy (non-hydrogen) atoms. The van der Waals surface area contributed by atoms with Crippen LogP contribution in [0.1, 0.15) is 25.2 Å². The van der Waals surface area contributed by atoms with Crippen LogP contribution in [0.3, 0.4) is 0 Å². The van der Waals surface area contributed by atoms with E-state index in [1.807, 2.05) is 58.0 Å². The number of para-hydroxylation sites is 1. The summed E-state index contributed by atoms with van der Waals surface area (Å²) >= 11 is 0. The van der Waals surface area contributed by atoms with Crippen molar-refractivity contribution in [1.29, 1.82) is 0 Å². The van der Waals surface area contributed by atoms with Crippen molar-refractivity contribution in [3.8, 4) is 0 Å². The standard InChI is InChI=1S/C24H27N7O2/c1-13-6-5-7-17-10-25-23(30-21(13)17)28-18-8-19-22(27-16(4)26-19)20(9-18)29-24(32)31-11-14(2)33-15(3)12-31/h5-10,14-15H,11-12H2,1-4H3,(H,26,27)(H,29,32)(H,25,28,30). The Labute approximate surface area is 191 Å². The highest BCUT2D eigenvalue weighted by Crippen LogP contribution is 2.29. The lowest BCUT2D eigenvalue weighted by Crippen LogP contribution is -2.49. The van der Waals surface area contributed by atoms with E-state index in [0.717, 1.165) is 33.5 Å². The minimum atomic E-state index is -0.173. The largest absolute Gasteiger partial charge is 0.372 e. The molecular weight excluding hydrogens is 418 g/mol. The summed E-state index contributed by atoms with van der Waals surface area (Å²) in [5.41, 5.74) is 4.87. The normalized spacial score (nSPS) is 18.6. The molecule has 1 fully saturated rings. The second-order valence-corrected chi connectivity index (χ2v) is 8.67. The number of aryl methyl sites for hydroxylation is 2. The highest BCUT2D eigenvalue weighted by molar-refractivity contribution is 6.01. The number of carbonyl (C=O) groups is 1. The Morgan fingerprint density at radius 1 is 1.12 bits per heavy atom. The highest BCUT2D eigenvalue weighted by Gasteiger charge is 2.26. The molecule has 1 saturated heterocycles. The number of nitrogens with one attached hydrogen (secondary N) is 3. The molecule has 1 aliphatic heterocycles. The molecule has 9 heteroatoms. The third kappa shape index (κ3) is 4.31. The van der Waals surface area contributed by atoms with Crippen molar-refractivity contribution in [3.05, 3.63) is 47.9 Å². The Hall–Kier alpha value is -3.72. The van der Waals surface area contributed by atoms with E-state index in [1.54, 1.807) is 11.1 Å². The molecule has 9 nitrogen and oxygen atoms in total. The number of aromatic nitrogens is 4. The van der Waals surface area contributed by atoms with Gasteiger partial charge >= 0.3 is 6.03 Å². The Bertz CT molecular complexity index is 1340. The van der Waals surface area contributed by atoms with Gasteiger partial charge in [-0.15, -0.1) is 0 Å². The van der Waals surface area contributed by atoms with E-state index in [4.69, 9.17) is 4.74 Å². The molecule has 2 atom stereocenters. The third-order valence-electron chi connectivity index (χ3n) is 5.72. The zero-order valence-corrected chi connectivity index (χ0v) is 19.1. The molecule has 170 valence electrons. The molecule has 5 rings (SSSR count). The van der Waals surface area contributed by atoms with Gasteiger partial charge in [0, 0.05) is 30.4 Å². The van der Waals surface area contributed by atoms with Crippen molar-refractivity contribution in [1.82, 2.24) is 24.8 Å². The number of amides is 2. The van der Waals surface area contributed by atoms with Crippen molar-refractivity contribution in [2.75, 3.05) is 23.7 Å². The first kappa shape index (κ1) is 21.1. The van der Waals surface area contributed by atoms with Crippen LogP contribution in [0.15, 0.2) is 36.5 Å². The number of rotatable bonds is 3. The van der Waals surface area contributed by atoms with Gasteiger partial charge in [-0.3, -0.25) is 0 Å². The van der Waals surface area contributed by atoms with Crippen LogP contribution in [0.25, 0.3) is 21.9 Å². The summed E-state index contributed by atoms with van der Waals surface area (Å²) in [7, 11) is 0. The second kappa shape index (κ2) is 8.32. The smallest absolute Gasteiger partial charge is 0.322 e. The van der Waals surface area contributed by atoms with Gasteiger partial charge in [0.25, 0.3) is 0 Å². The van der Waals surface area contributed by atoms with Crippen LogP contribution in [-0.4, -0.2) is 56.2 Å². The molecule has 3 N–H and O–H groups in total. The molecule has 2 amide bonds. The monoisotopic (exact) mass is 445 g/mol. The molecule has 3 heterocycles. The van der Waals surface area contributed by atoms with Crippen LogP contribution in [0.2, 0.25) is 0 Å². The maximum Gasteiger partial charge on any atom is 0.322 e. The number of anilines is 3. The van der Waals surface area contributed by atoms with Crippen LogP contribution < -0.4 is 10.6 Å². The number of urea groups is 1. The van der Waals surface area contributed by atoms with Gasteiger partial charge in [-0.1, -0.05) is 18.2 Å². The Balaban J connectivity index is 1.46. The molecule has 2 unspecified atom stereocenters. The summed E-state index contributed by atoms with van der Waals surface area (Å²) in [6, 6.07) is 9.64. The molecule has 2 aromatic heterocycles. The number of benzene rings is 2. The second-order valence-electron chi connectivity index (χ2n) is 8.67. The fraction of sp³-hybridized carbons (Fsp3) is 0.333. The number of aromatic amines is 1. The van der Waals surface area contributed by atoms with E-state index in [1.165, 1.54) is 0 Å². The Morgan fingerprint density at radius 2 is 1.91 bits per heavy atom. The van der Waals surface area contributed by atoms with Gasteiger partial charge in [-0.25, -0.2) is 19.7 Å². The molecule has 0 spiro atoms.